The highest BCUT2D eigenvalue weighted by Crippen LogP contribution is 2.24. The minimum absolute atomic E-state index is 0.336. The average molecular weight is 355 g/mol. The first-order valence-electron chi connectivity index (χ1n) is 7.79. The van der Waals surface area contributed by atoms with Crippen LogP contribution in [0.25, 0.3) is 0 Å². The molecule has 1 aromatic heterocycles. The molecule has 0 spiro atoms. The van der Waals surface area contributed by atoms with Gasteiger partial charge < -0.3 is 15.2 Å². The molecule has 0 aliphatic heterocycles. The number of nitrogens with zero attached hydrogens (tertiary/aromatic N) is 1. The molecule has 25 heavy (non-hydrogen) atoms. The van der Waals surface area contributed by atoms with Crippen molar-refractivity contribution in [3.63, 3.8) is 0 Å². The normalized spacial score (nSPS) is 14.0. The Morgan fingerprint density at radius 3 is 2.36 bits per heavy atom. The number of carbonyl (C=O) groups excluding carboxylic acids is 1. The van der Waals surface area contributed by atoms with Gasteiger partial charge >= 0.3 is 12.2 Å². The molecular formula is C17H20F3N3O2. The third kappa shape index (κ3) is 4.98. The molecule has 0 fully saturated rings. The number of benzene rings is 1. The van der Waals surface area contributed by atoms with E-state index in [2.05, 4.69) is 10.5 Å². The minimum Gasteiger partial charge on any atom is -0.361 e. The van der Waals surface area contributed by atoms with Crippen LogP contribution in [0.2, 0.25) is 0 Å². The number of hydrogen-bond donors (Lipinski definition) is 2. The first kappa shape index (κ1) is 18.8. The highest BCUT2D eigenvalue weighted by Gasteiger charge is 2.40. The van der Waals surface area contributed by atoms with Crippen LogP contribution in [-0.2, 0) is 6.42 Å². The Balaban J connectivity index is 2.04. The van der Waals surface area contributed by atoms with Gasteiger partial charge in [-0.1, -0.05) is 35.5 Å². The van der Waals surface area contributed by atoms with Crippen LogP contribution < -0.4 is 10.6 Å². The van der Waals surface area contributed by atoms with Crippen molar-refractivity contribution in [3.8, 4) is 0 Å². The molecule has 0 saturated carbocycles. The maximum absolute atomic E-state index is 13.2. The number of rotatable bonds is 5. The van der Waals surface area contributed by atoms with Gasteiger partial charge in [0.1, 0.15) is 11.8 Å². The van der Waals surface area contributed by atoms with E-state index in [1.54, 1.807) is 51.1 Å². The van der Waals surface area contributed by atoms with E-state index in [1.165, 1.54) is 0 Å². The second-order valence-corrected chi connectivity index (χ2v) is 5.86. The fourth-order valence-corrected chi connectivity index (χ4v) is 2.68. The van der Waals surface area contributed by atoms with E-state index in [1.807, 2.05) is 5.32 Å². The summed E-state index contributed by atoms with van der Waals surface area (Å²) in [6.07, 6.45) is -4.89. The van der Waals surface area contributed by atoms with E-state index in [0.29, 0.717) is 22.6 Å². The third-order valence-electron chi connectivity index (χ3n) is 3.85. The number of carbonyl (C=O) groups is 1. The zero-order valence-electron chi connectivity index (χ0n) is 14.1. The van der Waals surface area contributed by atoms with Crippen LogP contribution in [-0.4, -0.2) is 23.4 Å². The molecule has 1 heterocycles. The van der Waals surface area contributed by atoms with Gasteiger partial charge in [-0.3, -0.25) is 0 Å². The van der Waals surface area contributed by atoms with Crippen LogP contribution in [0.3, 0.4) is 0 Å². The van der Waals surface area contributed by atoms with E-state index in [-0.39, 0.29) is 6.42 Å². The highest BCUT2D eigenvalue weighted by atomic mass is 19.4. The van der Waals surface area contributed by atoms with Gasteiger partial charge in [-0.2, -0.15) is 13.2 Å². The lowest BCUT2D eigenvalue weighted by Gasteiger charge is -2.23. The second-order valence-electron chi connectivity index (χ2n) is 5.86. The van der Waals surface area contributed by atoms with Gasteiger partial charge in [0.25, 0.3) is 0 Å². The molecule has 0 radical (unpaired) electrons. The molecule has 136 valence electrons. The van der Waals surface area contributed by atoms with Gasteiger partial charge in [0.2, 0.25) is 0 Å². The standard InChI is InChI=1S/C17H20F3N3O2/c1-10(15-11(2)23-25-12(15)3)21-16(24)22-14(17(18,19)20)9-13-7-5-4-6-8-13/h4-8,10,14H,9H2,1-3H3,(H2,21,22,24)/t10-,14-/m1/s1. The number of alkyl halides is 3. The zero-order valence-corrected chi connectivity index (χ0v) is 14.1. The number of hydrogen-bond acceptors (Lipinski definition) is 3. The Morgan fingerprint density at radius 2 is 1.84 bits per heavy atom. The molecule has 0 saturated heterocycles. The Kier molecular flexibility index (Phi) is 5.71. The maximum atomic E-state index is 13.2. The minimum atomic E-state index is -4.56. The number of urea groups is 1. The van der Waals surface area contributed by atoms with E-state index in [0.717, 1.165) is 0 Å². The van der Waals surface area contributed by atoms with Crippen LogP contribution in [0.4, 0.5) is 18.0 Å². The molecule has 1 aromatic carbocycles. The van der Waals surface area contributed by atoms with Crippen LogP contribution in [0.1, 0.15) is 35.5 Å². The quantitative estimate of drug-likeness (QED) is 0.857. The SMILES string of the molecule is Cc1noc(C)c1[C@@H](C)NC(=O)N[C@H](Cc1ccccc1)C(F)(F)F. The zero-order chi connectivity index (χ0) is 18.6. The Hall–Kier alpha value is -2.51. The van der Waals surface area contributed by atoms with Gasteiger partial charge in [-0.25, -0.2) is 4.79 Å². The van der Waals surface area contributed by atoms with Gasteiger partial charge in [0.05, 0.1) is 11.7 Å². The monoisotopic (exact) mass is 355 g/mol. The first-order chi connectivity index (χ1) is 11.7. The Labute approximate surface area is 143 Å². The smallest absolute Gasteiger partial charge is 0.361 e. The first-order valence-corrected chi connectivity index (χ1v) is 7.79. The van der Waals surface area contributed by atoms with Crippen LogP contribution in [0.5, 0.6) is 0 Å². The lowest BCUT2D eigenvalue weighted by atomic mass is 10.1. The van der Waals surface area contributed by atoms with Crippen molar-refractivity contribution < 1.29 is 22.5 Å². The largest absolute Gasteiger partial charge is 0.408 e. The van der Waals surface area contributed by atoms with E-state index in [4.69, 9.17) is 4.52 Å². The predicted octanol–water partition coefficient (Wildman–Crippen LogP) is 3.83. The summed E-state index contributed by atoms with van der Waals surface area (Å²) in [6, 6.07) is 4.80. The number of aryl methyl sites for hydroxylation is 2. The molecule has 0 unspecified atom stereocenters. The van der Waals surface area contributed by atoms with E-state index >= 15 is 0 Å². The number of halogens is 3. The summed E-state index contributed by atoms with van der Waals surface area (Å²) < 4.78 is 44.7. The van der Waals surface area contributed by atoms with Crippen molar-refractivity contribution in [3.05, 3.63) is 52.9 Å². The molecule has 2 amide bonds. The topological polar surface area (TPSA) is 67.2 Å². The van der Waals surface area contributed by atoms with Gasteiger partial charge in [-0.15, -0.1) is 0 Å². The third-order valence-corrected chi connectivity index (χ3v) is 3.85. The Bertz CT molecular complexity index is 694. The predicted molar refractivity (Wildman–Crippen MR) is 86.0 cm³/mol. The molecule has 5 nitrogen and oxygen atoms in total. The lowest BCUT2D eigenvalue weighted by Crippen LogP contribution is -2.50. The summed E-state index contributed by atoms with van der Waals surface area (Å²) >= 11 is 0. The van der Waals surface area contributed by atoms with Crippen molar-refractivity contribution in [2.75, 3.05) is 0 Å². The summed E-state index contributed by atoms with van der Waals surface area (Å²) in [6.45, 7) is 5.04. The number of nitrogens with one attached hydrogen (secondary N) is 2. The van der Waals surface area contributed by atoms with Crippen LogP contribution in [0, 0.1) is 13.8 Å². The second kappa shape index (κ2) is 7.58. The molecule has 2 atom stereocenters. The number of aromatic nitrogens is 1. The van der Waals surface area contributed by atoms with E-state index < -0.39 is 24.3 Å². The highest BCUT2D eigenvalue weighted by molar-refractivity contribution is 5.75. The van der Waals surface area contributed by atoms with Gasteiger partial charge in [0.15, 0.2) is 0 Å². The van der Waals surface area contributed by atoms with Crippen molar-refractivity contribution >= 4 is 6.03 Å². The molecule has 0 aliphatic carbocycles. The summed E-state index contributed by atoms with van der Waals surface area (Å²) in [5.74, 6) is 0.516. The van der Waals surface area contributed by atoms with E-state index in [9.17, 15) is 18.0 Å². The number of amides is 2. The molecule has 2 rings (SSSR count). The molecule has 8 heteroatoms. The summed E-state index contributed by atoms with van der Waals surface area (Å²) in [5, 5.41) is 8.29. The average Bonchev–Trinajstić information content (AvgIpc) is 2.85. The summed E-state index contributed by atoms with van der Waals surface area (Å²) in [5.41, 5.74) is 1.73. The van der Waals surface area contributed by atoms with Crippen LogP contribution in [0.15, 0.2) is 34.9 Å². The van der Waals surface area contributed by atoms with Crippen molar-refractivity contribution in [2.45, 2.75) is 45.5 Å². The summed E-state index contributed by atoms with van der Waals surface area (Å²) in [7, 11) is 0. The molecule has 0 bridgehead atoms. The molecule has 0 aliphatic rings. The Morgan fingerprint density at radius 1 is 1.20 bits per heavy atom. The van der Waals surface area contributed by atoms with Crippen molar-refractivity contribution in [2.24, 2.45) is 0 Å². The van der Waals surface area contributed by atoms with Crippen molar-refractivity contribution in [1.29, 1.82) is 0 Å². The van der Waals surface area contributed by atoms with Crippen LogP contribution >= 0.6 is 0 Å². The maximum Gasteiger partial charge on any atom is 0.408 e. The van der Waals surface area contributed by atoms with Gasteiger partial charge in [-0.05, 0) is 26.3 Å². The lowest BCUT2D eigenvalue weighted by molar-refractivity contribution is -0.152. The molecule has 2 aromatic rings. The molecular weight excluding hydrogens is 335 g/mol. The fourth-order valence-electron chi connectivity index (χ4n) is 2.68. The van der Waals surface area contributed by atoms with Crippen molar-refractivity contribution in [1.82, 2.24) is 15.8 Å². The van der Waals surface area contributed by atoms with Gasteiger partial charge in [0, 0.05) is 12.0 Å². The molecule has 2 N–H and O–H groups in total. The summed E-state index contributed by atoms with van der Waals surface area (Å²) in [4.78, 5) is 12.0. The fraction of sp³-hybridized carbons (Fsp3) is 0.412.